The van der Waals surface area contributed by atoms with Crippen molar-refractivity contribution in [2.24, 2.45) is 0 Å². The minimum Gasteiger partial charge on any atom is -0.482 e. The molecule has 2 rings (SSSR count). The summed E-state index contributed by atoms with van der Waals surface area (Å²) in [5, 5.41) is 9.57. The molecule has 0 bridgehead atoms. The number of esters is 1. The van der Waals surface area contributed by atoms with Crippen LogP contribution < -0.4 is 10.2 Å². The SMILES string of the molecule is COC(=O)COc1cccc2c1B(O)OC2. The predicted octanol–water partition coefficient (Wildman–Crippen LogP) is -0.544. The molecular formula is C10H11BO5. The van der Waals surface area contributed by atoms with Crippen LogP contribution in [0.3, 0.4) is 0 Å². The minimum absolute atomic E-state index is 0.181. The van der Waals surface area contributed by atoms with Gasteiger partial charge in [0.15, 0.2) is 6.61 Å². The third-order valence-electron chi connectivity index (χ3n) is 2.37. The molecule has 0 spiro atoms. The molecule has 0 aromatic heterocycles. The van der Waals surface area contributed by atoms with Gasteiger partial charge in [-0.1, -0.05) is 12.1 Å². The second-order valence-corrected chi connectivity index (χ2v) is 3.36. The maximum Gasteiger partial charge on any atom is 0.495 e. The van der Waals surface area contributed by atoms with Gasteiger partial charge < -0.3 is 19.2 Å². The van der Waals surface area contributed by atoms with E-state index in [0.717, 1.165) is 5.56 Å². The van der Waals surface area contributed by atoms with Crippen molar-refractivity contribution in [2.45, 2.75) is 6.61 Å². The lowest BCUT2D eigenvalue weighted by atomic mass is 9.79. The zero-order valence-corrected chi connectivity index (χ0v) is 8.80. The van der Waals surface area contributed by atoms with Gasteiger partial charge in [0, 0.05) is 5.46 Å². The Kier molecular flexibility index (Phi) is 3.12. The third-order valence-corrected chi connectivity index (χ3v) is 2.37. The van der Waals surface area contributed by atoms with E-state index < -0.39 is 13.1 Å². The summed E-state index contributed by atoms with van der Waals surface area (Å²) in [6.07, 6.45) is 0. The summed E-state index contributed by atoms with van der Waals surface area (Å²) in [5.74, 6) is -0.0149. The van der Waals surface area contributed by atoms with Crippen LogP contribution in [0, 0.1) is 0 Å². The molecule has 0 amide bonds. The highest BCUT2D eigenvalue weighted by Gasteiger charge is 2.31. The molecule has 1 aromatic carbocycles. The van der Waals surface area contributed by atoms with Gasteiger partial charge in [0.1, 0.15) is 5.75 Å². The van der Waals surface area contributed by atoms with E-state index >= 15 is 0 Å². The Balaban J connectivity index is 2.16. The first-order chi connectivity index (χ1) is 7.72. The quantitative estimate of drug-likeness (QED) is 0.549. The second kappa shape index (κ2) is 4.55. The van der Waals surface area contributed by atoms with Gasteiger partial charge in [-0.15, -0.1) is 0 Å². The summed E-state index contributed by atoms with van der Waals surface area (Å²) in [4.78, 5) is 10.9. The van der Waals surface area contributed by atoms with Gasteiger partial charge in [-0.25, -0.2) is 4.79 Å². The van der Waals surface area contributed by atoms with Gasteiger partial charge >= 0.3 is 13.1 Å². The van der Waals surface area contributed by atoms with Gasteiger partial charge in [-0.2, -0.15) is 0 Å². The monoisotopic (exact) mass is 222 g/mol. The lowest BCUT2D eigenvalue weighted by Crippen LogP contribution is -2.30. The summed E-state index contributed by atoms with van der Waals surface area (Å²) >= 11 is 0. The summed E-state index contributed by atoms with van der Waals surface area (Å²) in [6, 6.07) is 5.31. The van der Waals surface area contributed by atoms with Crippen molar-refractivity contribution in [3.05, 3.63) is 23.8 Å². The molecule has 0 saturated heterocycles. The van der Waals surface area contributed by atoms with E-state index in [0.29, 0.717) is 17.8 Å². The highest BCUT2D eigenvalue weighted by molar-refractivity contribution is 6.62. The Hall–Kier alpha value is -1.53. The summed E-state index contributed by atoms with van der Waals surface area (Å²) in [5.41, 5.74) is 1.46. The van der Waals surface area contributed by atoms with Gasteiger partial charge in [0.25, 0.3) is 0 Å². The van der Waals surface area contributed by atoms with Crippen LogP contribution in [0.25, 0.3) is 0 Å². The van der Waals surface area contributed by atoms with Crippen molar-refractivity contribution in [3.8, 4) is 5.75 Å². The number of hydrogen-bond acceptors (Lipinski definition) is 5. The van der Waals surface area contributed by atoms with Crippen LogP contribution >= 0.6 is 0 Å². The van der Waals surface area contributed by atoms with E-state index in [1.54, 1.807) is 12.1 Å². The number of fused-ring (bicyclic) bond motifs is 1. The van der Waals surface area contributed by atoms with Gasteiger partial charge in [-0.05, 0) is 11.6 Å². The van der Waals surface area contributed by atoms with E-state index in [1.165, 1.54) is 7.11 Å². The smallest absolute Gasteiger partial charge is 0.482 e. The number of benzene rings is 1. The zero-order valence-electron chi connectivity index (χ0n) is 8.80. The number of ether oxygens (including phenoxy) is 2. The molecule has 16 heavy (non-hydrogen) atoms. The molecule has 6 heteroatoms. The fraction of sp³-hybridized carbons (Fsp3) is 0.300. The van der Waals surface area contributed by atoms with Gasteiger partial charge in [-0.3, -0.25) is 0 Å². The van der Waals surface area contributed by atoms with Crippen molar-refractivity contribution in [2.75, 3.05) is 13.7 Å². The van der Waals surface area contributed by atoms with Crippen LogP contribution in [0.5, 0.6) is 5.75 Å². The average Bonchev–Trinajstić information content (AvgIpc) is 2.69. The van der Waals surface area contributed by atoms with Crippen LogP contribution in [0.2, 0.25) is 0 Å². The molecule has 1 aliphatic heterocycles. The van der Waals surface area contributed by atoms with Crippen molar-refractivity contribution in [1.82, 2.24) is 0 Å². The van der Waals surface area contributed by atoms with Crippen LogP contribution in [0.1, 0.15) is 5.56 Å². The van der Waals surface area contributed by atoms with Crippen LogP contribution in [-0.4, -0.2) is 31.8 Å². The molecule has 0 atom stereocenters. The van der Waals surface area contributed by atoms with Crippen molar-refractivity contribution in [3.63, 3.8) is 0 Å². The largest absolute Gasteiger partial charge is 0.495 e. The zero-order chi connectivity index (χ0) is 11.5. The topological polar surface area (TPSA) is 65.0 Å². The molecule has 5 nitrogen and oxygen atoms in total. The fourth-order valence-electron chi connectivity index (χ4n) is 1.57. The molecule has 0 radical (unpaired) electrons. The van der Waals surface area contributed by atoms with Gasteiger partial charge in [0.05, 0.1) is 13.7 Å². The first kappa shape index (κ1) is 11.0. The van der Waals surface area contributed by atoms with Crippen molar-refractivity contribution < 1.29 is 23.9 Å². The van der Waals surface area contributed by atoms with E-state index in [-0.39, 0.29) is 6.61 Å². The van der Waals surface area contributed by atoms with Gasteiger partial charge in [0.2, 0.25) is 0 Å². The standard InChI is InChI=1S/C10H11BO5/c1-14-9(12)6-15-8-4-2-3-7-5-16-11(13)10(7)8/h2-4,13H,5-6H2,1H3. The van der Waals surface area contributed by atoms with Crippen LogP contribution in [-0.2, 0) is 20.8 Å². The van der Waals surface area contributed by atoms with Crippen LogP contribution in [0.15, 0.2) is 18.2 Å². The number of methoxy groups -OCH3 is 1. The van der Waals surface area contributed by atoms with Crippen molar-refractivity contribution in [1.29, 1.82) is 0 Å². The van der Waals surface area contributed by atoms with E-state index in [4.69, 9.17) is 9.39 Å². The third kappa shape index (κ3) is 2.03. The van der Waals surface area contributed by atoms with E-state index in [2.05, 4.69) is 4.74 Å². The summed E-state index contributed by atoms with van der Waals surface area (Å²) in [6.45, 7) is 0.172. The molecule has 84 valence electrons. The fourth-order valence-corrected chi connectivity index (χ4v) is 1.57. The molecule has 1 aliphatic rings. The normalized spacial score (nSPS) is 13.5. The first-order valence-corrected chi connectivity index (χ1v) is 4.83. The Labute approximate surface area is 93.1 Å². The highest BCUT2D eigenvalue weighted by Crippen LogP contribution is 2.17. The Morgan fingerprint density at radius 3 is 3.19 bits per heavy atom. The maximum atomic E-state index is 10.9. The predicted molar refractivity (Wildman–Crippen MR) is 56.3 cm³/mol. The first-order valence-electron chi connectivity index (χ1n) is 4.83. The maximum absolute atomic E-state index is 10.9. The van der Waals surface area contributed by atoms with E-state index in [1.807, 2.05) is 6.07 Å². The molecule has 0 saturated carbocycles. The number of carbonyl (C=O) groups excluding carboxylic acids is 1. The lowest BCUT2D eigenvalue weighted by Gasteiger charge is -2.09. The molecule has 0 unspecified atom stereocenters. The molecular weight excluding hydrogens is 211 g/mol. The minimum atomic E-state index is -0.983. The van der Waals surface area contributed by atoms with Crippen LogP contribution in [0.4, 0.5) is 0 Å². The average molecular weight is 222 g/mol. The highest BCUT2D eigenvalue weighted by atomic mass is 16.6. The summed E-state index contributed by atoms with van der Waals surface area (Å²) < 4.78 is 14.8. The second-order valence-electron chi connectivity index (χ2n) is 3.36. The number of hydrogen-bond donors (Lipinski definition) is 1. The molecule has 0 fully saturated rings. The summed E-state index contributed by atoms with van der Waals surface area (Å²) in [7, 11) is 0.308. The molecule has 1 heterocycles. The molecule has 1 aromatic rings. The molecule has 0 aliphatic carbocycles. The Morgan fingerprint density at radius 1 is 1.62 bits per heavy atom. The molecule has 1 N–H and O–H groups in total. The Bertz CT molecular complexity index is 406. The lowest BCUT2D eigenvalue weighted by molar-refractivity contribution is -0.142. The Morgan fingerprint density at radius 2 is 2.44 bits per heavy atom. The van der Waals surface area contributed by atoms with Crippen molar-refractivity contribution >= 4 is 18.6 Å². The number of rotatable bonds is 3. The van der Waals surface area contributed by atoms with E-state index in [9.17, 15) is 9.82 Å². The number of carbonyl (C=O) groups is 1.